The second-order valence-electron chi connectivity index (χ2n) is 7.45. The molecule has 0 atom stereocenters. The number of nitrogens with zero attached hydrogens (tertiary/aromatic N) is 4. The van der Waals surface area contributed by atoms with Gasteiger partial charge in [-0.3, -0.25) is 0 Å². The van der Waals surface area contributed by atoms with E-state index in [-0.39, 0.29) is 6.03 Å². The van der Waals surface area contributed by atoms with Gasteiger partial charge in [-0.25, -0.2) is 14.5 Å². The van der Waals surface area contributed by atoms with E-state index in [2.05, 4.69) is 25.9 Å². The van der Waals surface area contributed by atoms with Crippen molar-refractivity contribution in [3.8, 4) is 23.1 Å². The maximum Gasteiger partial charge on any atom is 0.319 e. The van der Waals surface area contributed by atoms with Crippen LogP contribution < -0.4 is 24.8 Å². The van der Waals surface area contributed by atoms with E-state index < -0.39 is 0 Å². The van der Waals surface area contributed by atoms with Crippen LogP contribution in [0.5, 0.6) is 23.1 Å². The lowest BCUT2D eigenvalue weighted by Gasteiger charge is -2.15. The first-order chi connectivity index (χ1) is 17.1. The smallest absolute Gasteiger partial charge is 0.319 e. The van der Waals surface area contributed by atoms with E-state index in [1.807, 2.05) is 25.1 Å². The summed E-state index contributed by atoms with van der Waals surface area (Å²) in [5.74, 6) is 1.95. The van der Waals surface area contributed by atoms with Crippen molar-refractivity contribution < 1.29 is 19.0 Å². The number of carbonyl (C=O) groups excluding carboxylic acids is 1. The number of nitrogens with one attached hydrogen (secondary N) is 2. The quantitative estimate of drug-likeness (QED) is 0.321. The van der Waals surface area contributed by atoms with E-state index in [0.717, 1.165) is 6.42 Å². The first-order valence-corrected chi connectivity index (χ1v) is 11.4. The Labute approximate surface area is 207 Å². The first-order valence-electron chi connectivity index (χ1n) is 11.0. The third-order valence-corrected chi connectivity index (χ3v) is 5.26. The van der Waals surface area contributed by atoms with E-state index in [4.69, 9.17) is 25.8 Å². The fourth-order valence-electron chi connectivity index (χ4n) is 3.31. The second-order valence-corrected chi connectivity index (χ2v) is 7.86. The number of aromatic nitrogens is 4. The van der Waals surface area contributed by atoms with Crippen molar-refractivity contribution in [1.29, 1.82) is 0 Å². The molecular formula is C24H25ClN6O4. The third-order valence-electron chi connectivity index (χ3n) is 4.95. The van der Waals surface area contributed by atoms with Gasteiger partial charge in [-0.05, 0) is 30.7 Å². The molecule has 10 nitrogen and oxygen atoms in total. The molecule has 2 heterocycles. The highest BCUT2D eigenvalue weighted by molar-refractivity contribution is 6.33. The molecule has 4 rings (SSSR count). The maximum absolute atomic E-state index is 12.0. The van der Waals surface area contributed by atoms with Crippen molar-refractivity contribution in [2.75, 3.05) is 25.6 Å². The Bertz CT molecular complexity index is 1300. The van der Waals surface area contributed by atoms with Gasteiger partial charge in [-0.2, -0.15) is 0 Å². The molecule has 2 aromatic heterocycles. The zero-order chi connectivity index (χ0) is 24.6. The van der Waals surface area contributed by atoms with Crippen molar-refractivity contribution in [1.82, 2.24) is 25.3 Å². The number of fused-ring (bicyclic) bond motifs is 1. The highest BCUT2D eigenvalue weighted by atomic mass is 35.5. The number of benzene rings is 2. The second kappa shape index (κ2) is 11.4. The van der Waals surface area contributed by atoms with Gasteiger partial charge in [-0.1, -0.05) is 29.8 Å². The number of anilines is 1. The van der Waals surface area contributed by atoms with E-state index in [9.17, 15) is 4.79 Å². The molecule has 0 bridgehead atoms. The summed E-state index contributed by atoms with van der Waals surface area (Å²) in [6, 6.07) is 11.9. The van der Waals surface area contributed by atoms with Crippen molar-refractivity contribution in [2.45, 2.75) is 19.9 Å². The molecule has 0 aliphatic carbocycles. The summed E-state index contributed by atoms with van der Waals surface area (Å²) in [5, 5.41) is 14.2. The standard InChI is InChI=1S/C24H25ClN6O4/c1-3-9-26-24(32)29-18-8-7-16(14-17(18)25)35-21-15-22(34-13-12-31-11-10-27-30-31)28-19-5-4-6-20(33-2)23(19)21/h4-8,10-11,14-15H,3,9,12-13H2,1-2H3,(H2,26,29,32). The molecule has 0 saturated heterocycles. The number of rotatable bonds is 10. The molecule has 2 aromatic carbocycles. The molecule has 0 aliphatic rings. The summed E-state index contributed by atoms with van der Waals surface area (Å²) in [4.78, 5) is 16.5. The number of amides is 2. The zero-order valence-corrected chi connectivity index (χ0v) is 20.1. The minimum absolute atomic E-state index is 0.319. The summed E-state index contributed by atoms with van der Waals surface area (Å²) < 4.78 is 19.3. The number of halogens is 1. The molecule has 0 saturated carbocycles. The van der Waals surface area contributed by atoms with Crippen LogP contribution >= 0.6 is 11.6 Å². The summed E-state index contributed by atoms with van der Waals surface area (Å²) in [6.07, 6.45) is 4.20. The van der Waals surface area contributed by atoms with Crippen LogP contribution in [0.1, 0.15) is 13.3 Å². The monoisotopic (exact) mass is 496 g/mol. The Morgan fingerprint density at radius 2 is 2.06 bits per heavy atom. The molecule has 2 amide bonds. The van der Waals surface area contributed by atoms with Gasteiger partial charge in [0, 0.05) is 24.9 Å². The number of pyridine rings is 1. The van der Waals surface area contributed by atoms with Gasteiger partial charge in [0.2, 0.25) is 5.88 Å². The SMILES string of the molecule is CCCNC(=O)Nc1ccc(Oc2cc(OCCn3ccnn3)nc3cccc(OC)c23)cc1Cl. The Morgan fingerprint density at radius 1 is 1.17 bits per heavy atom. The lowest BCUT2D eigenvalue weighted by atomic mass is 10.2. The third kappa shape index (κ3) is 6.10. The lowest BCUT2D eigenvalue weighted by Crippen LogP contribution is -2.29. The number of methoxy groups -OCH3 is 1. The molecule has 0 aliphatic heterocycles. The summed E-state index contributed by atoms with van der Waals surface area (Å²) in [6.45, 7) is 3.41. The van der Waals surface area contributed by atoms with E-state index in [0.29, 0.717) is 64.4 Å². The number of hydrogen-bond acceptors (Lipinski definition) is 7. The Kier molecular flexibility index (Phi) is 7.84. The minimum Gasteiger partial charge on any atom is -0.496 e. The van der Waals surface area contributed by atoms with Crippen molar-refractivity contribution in [3.63, 3.8) is 0 Å². The molecular weight excluding hydrogens is 472 g/mol. The number of carbonyl (C=O) groups is 1. The van der Waals surface area contributed by atoms with Crippen LogP contribution in [0.3, 0.4) is 0 Å². The number of urea groups is 1. The lowest BCUT2D eigenvalue weighted by molar-refractivity contribution is 0.252. The average Bonchev–Trinajstić information content (AvgIpc) is 3.37. The molecule has 0 fully saturated rings. The first kappa shape index (κ1) is 24.1. The topological polar surface area (TPSA) is 112 Å². The summed E-state index contributed by atoms with van der Waals surface area (Å²) in [7, 11) is 1.59. The molecule has 35 heavy (non-hydrogen) atoms. The summed E-state index contributed by atoms with van der Waals surface area (Å²) in [5.41, 5.74) is 1.12. The minimum atomic E-state index is -0.319. The predicted octanol–water partition coefficient (Wildman–Crippen LogP) is 4.89. The van der Waals surface area contributed by atoms with E-state index in [1.165, 1.54) is 0 Å². The molecule has 0 spiro atoms. The maximum atomic E-state index is 12.0. The molecule has 0 unspecified atom stereocenters. The highest BCUT2D eigenvalue weighted by Gasteiger charge is 2.15. The number of ether oxygens (including phenoxy) is 3. The van der Waals surface area contributed by atoms with Crippen molar-refractivity contribution in [2.24, 2.45) is 0 Å². The van der Waals surface area contributed by atoms with Gasteiger partial charge in [0.25, 0.3) is 0 Å². The average molecular weight is 497 g/mol. The van der Waals surface area contributed by atoms with Crippen molar-refractivity contribution in [3.05, 3.63) is 59.9 Å². The highest BCUT2D eigenvalue weighted by Crippen LogP contribution is 2.39. The van der Waals surface area contributed by atoms with Gasteiger partial charge in [0.15, 0.2) is 0 Å². The molecule has 4 aromatic rings. The van der Waals surface area contributed by atoms with Gasteiger partial charge >= 0.3 is 6.03 Å². The largest absolute Gasteiger partial charge is 0.496 e. The van der Waals surface area contributed by atoms with Crippen LogP contribution in [0, 0.1) is 0 Å². The van der Waals surface area contributed by atoms with Gasteiger partial charge in [-0.15, -0.1) is 5.10 Å². The Balaban J connectivity index is 1.58. The summed E-state index contributed by atoms with van der Waals surface area (Å²) >= 11 is 6.40. The van der Waals surface area contributed by atoms with E-state index in [1.54, 1.807) is 48.5 Å². The van der Waals surface area contributed by atoms with Crippen LogP contribution in [-0.2, 0) is 6.54 Å². The van der Waals surface area contributed by atoms with Gasteiger partial charge in [0.1, 0.15) is 23.9 Å². The van der Waals surface area contributed by atoms with Crippen LogP contribution in [0.25, 0.3) is 10.9 Å². The normalized spacial score (nSPS) is 10.7. The molecule has 2 N–H and O–H groups in total. The van der Waals surface area contributed by atoms with Crippen molar-refractivity contribution >= 4 is 34.2 Å². The number of hydrogen-bond donors (Lipinski definition) is 2. The Hall–Kier alpha value is -4.05. The van der Waals surface area contributed by atoms with E-state index >= 15 is 0 Å². The van der Waals surface area contributed by atoms with Gasteiger partial charge in [0.05, 0.1) is 41.5 Å². The van der Waals surface area contributed by atoms with Crippen LogP contribution in [-0.4, -0.2) is 46.3 Å². The Morgan fingerprint density at radius 3 is 2.80 bits per heavy atom. The predicted molar refractivity (Wildman–Crippen MR) is 133 cm³/mol. The van der Waals surface area contributed by atoms with Crippen LogP contribution in [0.4, 0.5) is 10.5 Å². The van der Waals surface area contributed by atoms with Crippen LogP contribution in [0.15, 0.2) is 54.9 Å². The fourth-order valence-corrected chi connectivity index (χ4v) is 3.53. The zero-order valence-electron chi connectivity index (χ0n) is 19.3. The van der Waals surface area contributed by atoms with Crippen LogP contribution in [0.2, 0.25) is 5.02 Å². The fraction of sp³-hybridized carbons (Fsp3) is 0.250. The van der Waals surface area contributed by atoms with Gasteiger partial charge < -0.3 is 24.8 Å². The molecule has 11 heteroatoms. The molecule has 0 radical (unpaired) electrons. The molecule has 182 valence electrons.